The molecule has 0 aromatic carbocycles. The summed E-state index contributed by atoms with van der Waals surface area (Å²) in [5, 5.41) is 11.0. The Morgan fingerprint density at radius 3 is 2.42 bits per heavy atom. The van der Waals surface area contributed by atoms with Crippen molar-refractivity contribution in [1.82, 2.24) is 4.90 Å². The Morgan fingerprint density at radius 2 is 1.87 bits per heavy atom. The summed E-state index contributed by atoms with van der Waals surface area (Å²) in [7, 11) is 0. The number of esters is 3. The van der Waals surface area contributed by atoms with Gasteiger partial charge in [0.15, 0.2) is 23.6 Å². The van der Waals surface area contributed by atoms with Crippen LogP contribution in [-0.2, 0) is 38.1 Å². The molecule has 1 aliphatic carbocycles. The third-order valence-electron chi connectivity index (χ3n) is 5.43. The van der Waals surface area contributed by atoms with Gasteiger partial charge < -0.3 is 34.7 Å². The minimum atomic E-state index is -1.86. The lowest BCUT2D eigenvalue weighted by Crippen LogP contribution is -2.58. The molecule has 31 heavy (non-hydrogen) atoms. The van der Waals surface area contributed by atoms with Crippen molar-refractivity contribution in [3.63, 3.8) is 0 Å². The minimum Gasteiger partial charge on any atom is -0.463 e. The van der Waals surface area contributed by atoms with Gasteiger partial charge in [0.25, 0.3) is 5.91 Å². The van der Waals surface area contributed by atoms with E-state index < -0.39 is 59.5 Å². The van der Waals surface area contributed by atoms with Crippen molar-refractivity contribution < 1.29 is 43.2 Å². The summed E-state index contributed by atoms with van der Waals surface area (Å²) in [6.07, 6.45) is 0.0183. The molecule has 170 valence electrons. The second kappa shape index (κ2) is 7.93. The molecule has 0 bridgehead atoms. The first-order chi connectivity index (χ1) is 14.4. The van der Waals surface area contributed by atoms with E-state index in [2.05, 4.69) is 4.99 Å². The van der Waals surface area contributed by atoms with Crippen LogP contribution >= 0.6 is 0 Å². The molecular formula is C19H25N3O9. The van der Waals surface area contributed by atoms with E-state index in [1.54, 1.807) is 0 Å². The van der Waals surface area contributed by atoms with Gasteiger partial charge in [-0.3, -0.25) is 19.2 Å². The summed E-state index contributed by atoms with van der Waals surface area (Å²) >= 11 is 0. The van der Waals surface area contributed by atoms with Crippen molar-refractivity contribution in [2.45, 2.75) is 69.8 Å². The molecule has 6 atom stereocenters. The molecule has 1 saturated carbocycles. The zero-order chi connectivity index (χ0) is 23.1. The van der Waals surface area contributed by atoms with E-state index in [1.165, 1.54) is 45.0 Å². The van der Waals surface area contributed by atoms with Crippen molar-refractivity contribution >= 4 is 29.5 Å². The largest absolute Gasteiger partial charge is 0.463 e. The van der Waals surface area contributed by atoms with Crippen LogP contribution in [0.25, 0.3) is 0 Å². The lowest BCUT2D eigenvalue weighted by Gasteiger charge is -2.39. The number of carbonyl (C=O) groups excluding carboxylic acids is 4. The second-order valence-electron chi connectivity index (χ2n) is 7.81. The first-order valence-corrected chi connectivity index (χ1v) is 9.61. The maximum atomic E-state index is 11.8. The molecule has 0 radical (unpaired) electrons. The molecule has 2 aliphatic heterocycles. The van der Waals surface area contributed by atoms with Gasteiger partial charge in [-0.2, -0.15) is 0 Å². The van der Waals surface area contributed by atoms with Gasteiger partial charge >= 0.3 is 17.9 Å². The number of primary amides is 1. The molecule has 3 N–H and O–H groups in total. The molecular weight excluding hydrogens is 414 g/mol. The van der Waals surface area contributed by atoms with Crippen LogP contribution in [0.4, 0.5) is 0 Å². The number of hydrogen-bond acceptors (Lipinski definition) is 11. The first kappa shape index (κ1) is 22.7. The number of amides is 1. The number of carbonyl (C=O) groups is 4. The Kier molecular flexibility index (Phi) is 5.80. The van der Waals surface area contributed by atoms with E-state index in [-0.39, 0.29) is 18.7 Å². The number of ether oxygens (including phenoxy) is 4. The summed E-state index contributed by atoms with van der Waals surface area (Å²) in [5.74, 6) is -2.74. The molecule has 12 heteroatoms. The van der Waals surface area contributed by atoms with E-state index in [0.29, 0.717) is 0 Å². The van der Waals surface area contributed by atoms with Gasteiger partial charge in [-0.25, -0.2) is 4.99 Å². The van der Waals surface area contributed by atoms with Crippen LogP contribution in [0.2, 0.25) is 0 Å². The Labute approximate surface area is 177 Å². The first-order valence-electron chi connectivity index (χ1n) is 9.61. The number of nitrogens with two attached hydrogens (primary N) is 1. The van der Waals surface area contributed by atoms with E-state index in [9.17, 15) is 24.3 Å². The van der Waals surface area contributed by atoms with Crippen LogP contribution < -0.4 is 5.73 Å². The maximum Gasteiger partial charge on any atom is 0.303 e. The lowest BCUT2D eigenvalue weighted by atomic mass is 10.0. The monoisotopic (exact) mass is 439 g/mol. The maximum absolute atomic E-state index is 11.8. The molecule has 2 fully saturated rings. The summed E-state index contributed by atoms with van der Waals surface area (Å²) < 4.78 is 22.0. The summed E-state index contributed by atoms with van der Waals surface area (Å²) in [6.45, 7) is 4.72. The molecule has 0 aromatic heterocycles. The van der Waals surface area contributed by atoms with E-state index in [0.717, 1.165) is 0 Å². The highest BCUT2D eigenvalue weighted by molar-refractivity contribution is 6.41. The fourth-order valence-electron chi connectivity index (χ4n) is 4.18. The van der Waals surface area contributed by atoms with Crippen LogP contribution in [0.3, 0.4) is 0 Å². The lowest BCUT2D eigenvalue weighted by molar-refractivity contribution is -0.166. The van der Waals surface area contributed by atoms with Gasteiger partial charge in [0.2, 0.25) is 0 Å². The molecule has 3 aliphatic rings. The topological polar surface area (TPSA) is 167 Å². The van der Waals surface area contributed by atoms with Crippen LogP contribution in [0.5, 0.6) is 0 Å². The number of hydrogen-bond donors (Lipinski definition) is 2. The predicted molar refractivity (Wildman–Crippen MR) is 102 cm³/mol. The predicted octanol–water partition coefficient (Wildman–Crippen LogP) is -1.26. The zero-order valence-corrected chi connectivity index (χ0v) is 17.6. The Bertz CT molecular complexity index is 868. The van der Waals surface area contributed by atoms with Gasteiger partial charge in [0.1, 0.15) is 18.3 Å². The molecule has 1 saturated heterocycles. The number of aliphatic imine (C=N–C) groups is 1. The SMILES string of the molecule is CC(=O)OCC1OC2(CC2N2C=CN=C(C(N)=O)C2(C)O)[C@H](OC(C)=O)[C@@H]1OC(C)=O. The smallest absolute Gasteiger partial charge is 0.303 e. The Hall–Kier alpha value is -2.99. The highest BCUT2D eigenvalue weighted by Crippen LogP contribution is 2.56. The van der Waals surface area contributed by atoms with Gasteiger partial charge in [-0.1, -0.05) is 0 Å². The number of rotatable bonds is 6. The third-order valence-corrected chi connectivity index (χ3v) is 5.43. The molecule has 1 spiro atoms. The average molecular weight is 439 g/mol. The van der Waals surface area contributed by atoms with E-state index >= 15 is 0 Å². The average Bonchev–Trinajstić information content (AvgIpc) is 3.27. The molecule has 4 unspecified atom stereocenters. The van der Waals surface area contributed by atoms with Crippen LogP contribution in [0.15, 0.2) is 17.4 Å². The fourth-order valence-corrected chi connectivity index (χ4v) is 4.18. The Morgan fingerprint density at radius 1 is 1.23 bits per heavy atom. The van der Waals surface area contributed by atoms with Gasteiger partial charge in [0.05, 0.1) is 6.04 Å². The van der Waals surface area contributed by atoms with Crippen molar-refractivity contribution in [2.75, 3.05) is 6.61 Å². The normalized spacial score (nSPS) is 36.0. The van der Waals surface area contributed by atoms with Crippen LogP contribution in [0.1, 0.15) is 34.1 Å². The van der Waals surface area contributed by atoms with Gasteiger partial charge in [-0.15, -0.1) is 0 Å². The highest BCUT2D eigenvalue weighted by Gasteiger charge is 2.74. The van der Waals surface area contributed by atoms with Gasteiger partial charge in [-0.05, 0) is 6.92 Å². The summed E-state index contributed by atoms with van der Waals surface area (Å²) in [6, 6.07) is -0.590. The molecule has 12 nitrogen and oxygen atoms in total. The van der Waals surface area contributed by atoms with Crippen molar-refractivity contribution in [3.05, 3.63) is 12.4 Å². The number of nitrogens with zero attached hydrogens (tertiary/aromatic N) is 2. The van der Waals surface area contributed by atoms with Crippen molar-refractivity contribution in [2.24, 2.45) is 10.7 Å². The van der Waals surface area contributed by atoms with Crippen molar-refractivity contribution in [1.29, 1.82) is 0 Å². The minimum absolute atomic E-state index is 0.236. The molecule has 3 rings (SSSR count). The highest BCUT2D eigenvalue weighted by atomic mass is 16.7. The third kappa shape index (κ3) is 4.12. The van der Waals surface area contributed by atoms with Crippen LogP contribution in [-0.4, -0.2) is 81.8 Å². The second-order valence-corrected chi connectivity index (χ2v) is 7.81. The summed E-state index contributed by atoms with van der Waals surface area (Å²) in [5.41, 5.74) is 2.02. The zero-order valence-electron chi connectivity index (χ0n) is 17.6. The standard InChI is InChI=1S/C19H25N3O9/c1-9(23)28-8-12-14(29-10(2)24)16(30-11(3)25)19(31-12)7-13(19)22-6-5-21-15(17(20)26)18(22,4)27/h5-6,12-14,16,27H,7-8H2,1-4H3,(H2,20,26)/t12?,13?,14-,16-,18?,19?/m1/s1. The van der Waals surface area contributed by atoms with E-state index in [4.69, 9.17) is 24.7 Å². The quantitative estimate of drug-likeness (QED) is 0.377. The molecule has 1 amide bonds. The Balaban J connectivity index is 1.93. The number of aliphatic hydroxyl groups is 1. The van der Waals surface area contributed by atoms with Crippen molar-refractivity contribution in [3.8, 4) is 0 Å². The molecule has 2 heterocycles. The van der Waals surface area contributed by atoms with Crippen LogP contribution in [0, 0.1) is 0 Å². The van der Waals surface area contributed by atoms with Gasteiger partial charge in [0, 0.05) is 39.6 Å². The fraction of sp³-hybridized carbons (Fsp3) is 0.632. The van der Waals surface area contributed by atoms with E-state index in [1.807, 2.05) is 0 Å². The summed E-state index contributed by atoms with van der Waals surface area (Å²) in [4.78, 5) is 51.8. The molecule has 0 aromatic rings.